The lowest BCUT2D eigenvalue weighted by Crippen LogP contribution is -2.48. The number of hydrogen-bond donors (Lipinski definition) is 2. The van der Waals surface area contributed by atoms with Crippen molar-refractivity contribution in [2.24, 2.45) is 4.99 Å². The molecule has 1 fully saturated rings. The lowest BCUT2D eigenvalue weighted by molar-refractivity contribution is 0.171. The van der Waals surface area contributed by atoms with Crippen LogP contribution in [0.5, 0.6) is 11.5 Å². The summed E-state index contributed by atoms with van der Waals surface area (Å²) in [4.78, 5) is 7.32. The molecule has 8 heteroatoms. The quantitative estimate of drug-likeness (QED) is 0.316. The van der Waals surface area contributed by atoms with Crippen LogP contribution in [0.3, 0.4) is 0 Å². The van der Waals surface area contributed by atoms with Gasteiger partial charge in [-0.1, -0.05) is 18.5 Å². The molecule has 0 aromatic heterocycles. The number of nitrogens with one attached hydrogen (secondary N) is 2. The summed E-state index contributed by atoms with van der Waals surface area (Å²) in [5, 5.41) is 7.59. The fraction of sp³-hybridized carbons (Fsp3) is 0.667. The van der Waals surface area contributed by atoms with E-state index >= 15 is 0 Å². The smallest absolute Gasteiger partial charge is 0.191 e. The number of guanidine groups is 1. The average Bonchev–Trinajstić information content (AvgIpc) is 2.70. The number of piperidine rings is 1. The zero-order chi connectivity index (χ0) is 19.8. The Balaban J connectivity index is 0.00000300. The second kappa shape index (κ2) is 12.7. The molecule has 2 heterocycles. The monoisotopic (exact) mass is 536 g/mol. The van der Waals surface area contributed by atoms with Crippen LogP contribution >= 0.6 is 35.6 Å². The average molecular weight is 537 g/mol. The number of hydrogen-bond acceptors (Lipinski definition) is 4. The van der Waals surface area contributed by atoms with Crippen LogP contribution in [0, 0.1) is 0 Å². The third-order valence-corrected chi connectivity index (χ3v) is 5.42. The highest BCUT2D eigenvalue weighted by molar-refractivity contribution is 14.0. The van der Waals surface area contributed by atoms with E-state index in [9.17, 15) is 0 Å². The van der Waals surface area contributed by atoms with Crippen LogP contribution < -0.4 is 20.1 Å². The molecule has 0 saturated carbocycles. The van der Waals surface area contributed by atoms with Gasteiger partial charge in [-0.05, 0) is 56.8 Å². The highest BCUT2D eigenvalue weighted by atomic mass is 127. The third kappa shape index (κ3) is 7.36. The van der Waals surface area contributed by atoms with E-state index in [1.807, 2.05) is 12.1 Å². The minimum absolute atomic E-state index is 0. The summed E-state index contributed by atoms with van der Waals surface area (Å²) in [7, 11) is 0. The topological polar surface area (TPSA) is 58.1 Å². The maximum Gasteiger partial charge on any atom is 0.191 e. The summed E-state index contributed by atoms with van der Waals surface area (Å²) < 4.78 is 11.2. The van der Waals surface area contributed by atoms with Crippen molar-refractivity contribution >= 4 is 41.5 Å². The lowest BCUT2D eigenvalue weighted by Gasteiger charge is -2.32. The van der Waals surface area contributed by atoms with E-state index in [0.717, 1.165) is 30.2 Å². The number of rotatable bonds is 7. The van der Waals surface area contributed by atoms with Crippen LogP contribution in [0.1, 0.15) is 38.7 Å². The Kier molecular flexibility index (Phi) is 10.7. The number of aliphatic imine (C=N–C) groups is 1. The Morgan fingerprint density at radius 3 is 2.69 bits per heavy atom. The number of likely N-dealkylation sites (tertiary alicyclic amines) is 1. The minimum Gasteiger partial charge on any atom is -0.486 e. The molecule has 3 rings (SSSR count). The van der Waals surface area contributed by atoms with E-state index in [0.29, 0.717) is 36.6 Å². The van der Waals surface area contributed by atoms with E-state index in [1.54, 1.807) is 0 Å². The Hall–Kier alpha value is -0.930. The van der Waals surface area contributed by atoms with Crippen molar-refractivity contribution in [2.45, 2.75) is 45.6 Å². The summed E-state index contributed by atoms with van der Waals surface area (Å²) in [5.74, 6) is 2.30. The van der Waals surface area contributed by atoms with Crippen molar-refractivity contribution in [2.75, 3.05) is 45.9 Å². The van der Waals surface area contributed by atoms with Crippen molar-refractivity contribution in [3.05, 3.63) is 22.7 Å². The van der Waals surface area contributed by atoms with E-state index < -0.39 is 0 Å². The third-order valence-electron chi connectivity index (χ3n) is 5.14. The Labute approximate surface area is 196 Å². The van der Waals surface area contributed by atoms with Gasteiger partial charge in [0, 0.05) is 32.2 Å². The molecule has 2 aliphatic heterocycles. The molecule has 0 atom stereocenters. The molecule has 1 saturated heterocycles. The van der Waals surface area contributed by atoms with Crippen molar-refractivity contribution in [1.29, 1.82) is 0 Å². The first-order chi connectivity index (χ1) is 13.7. The summed E-state index contributed by atoms with van der Waals surface area (Å²) in [6.45, 7) is 10.6. The fourth-order valence-electron chi connectivity index (χ4n) is 3.74. The molecule has 0 aliphatic carbocycles. The van der Waals surface area contributed by atoms with Crippen LogP contribution in [-0.4, -0.2) is 62.8 Å². The second-order valence-electron chi connectivity index (χ2n) is 7.37. The Bertz CT molecular complexity index is 666. The van der Waals surface area contributed by atoms with Gasteiger partial charge in [0.05, 0.1) is 5.02 Å². The van der Waals surface area contributed by atoms with Gasteiger partial charge < -0.3 is 25.0 Å². The fourth-order valence-corrected chi connectivity index (χ4v) is 4.02. The standard InChI is InChI=1S/C21H33ClN4O2.HI/c1-3-9-26-10-6-17(7-11-26)25-21(23-4-2)24-8-5-16-14-18(22)20-19(15-16)27-12-13-28-20;/h14-15,17H,3-13H2,1-2H3,(H2,23,24,25);1H. The predicted molar refractivity (Wildman–Crippen MR) is 130 cm³/mol. The lowest BCUT2D eigenvalue weighted by atomic mass is 10.1. The SMILES string of the molecule is CCCN1CCC(NC(=NCCc2cc(Cl)c3c(c2)OCCO3)NCC)CC1.I. The highest BCUT2D eigenvalue weighted by Gasteiger charge is 2.19. The van der Waals surface area contributed by atoms with Crippen LogP contribution in [0.2, 0.25) is 5.02 Å². The second-order valence-corrected chi connectivity index (χ2v) is 7.78. The molecule has 29 heavy (non-hydrogen) atoms. The van der Waals surface area contributed by atoms with E-state index in [4.69, 9.17) is 26.1 Å². The number of ether oxygens (including phenoxy) is 2. The molecule has 0 bridgehead atoms. The van der Waals surface area contributed by atoms with Crippen LogP contribution in [0.25, 0.3) is 0 Å². The largest absolute Gasteiger partial charge is 0.486 e. The van der Waals surface area contributed by atoms with Crippen molar-refractivity contribution in [1.82, 2.24) is 15.5 Å². The highest BCUT2D eigenvalue weighted by Crippen LogP contribution is 2.38. The number of halogens is 2. The van der Waals surface area contributed by atoms with Crippen LogP contribution in [0.15, 0.2) is 17.1 Å². The van der Waals surface area contributed by atoms with E-state index in [1.165, 1.54) is 38.9 Å². The molecule has 0 spiro atoms. The normalized spacial score (nSPS) is 17.6. The summed E-state index contributed by atoms with van der Waals surface area (Å²) in [6, 6.07) is 4.46. The summed E-state index contributed by atoms with van der Waals surface area (Å²) in [6.07, 6.45) is 4.37. The van der Waals surface area contributed by atoms with E-state index in [-0.39, 0.29) is 24.0 Å². The number of fused-ring (bicyclic) bond motifs is 1. The van der Waals surface area contributed by atoms with Crippen molar-refractivity contribution in [3.8, 4) is 11.5 Å². The number of nitrogens with zero attached hydrogens (tertiary/aromatic N) is 2. The number of benzene rings is 1. The first kappa shape index (κ1) is 24.3. The molecular weight excluding hydrogens is 503 g/mol. The molecule has 2 aliphatic rings. The molecule has 1 aromatic carbocycles. The van der Waals surface area contributed by atoms with E-state index in [2.05, 4.69) is 29.4 Å². The maximum absolute atomic E-state index is 6.33. The molecular formula is C21H34ClIN4O2. The van der Waals surface area contributed by atoms with Crippen LogP contribution in [-0.2, 0) is 6.42 Å². The van der Waals surface area contributed by atoms with Gasteiger partial charge in [0.25, 0.3) is 0 Å². The van der Waals surface area contributed by atoms with Gasteiger partial charge in [0.15, 0.2) is 17.5 Å². The molecule has 164 valence electrons. The molecule has 1 aromatic rings. The summed E-state index contributed by atoms with van der Waals surface area (Å²) in [5.41, 5.74) is 1.11. The Morgan fingerprint density at radius 2 is 1.97 bits per heavy atom. The molecule has 0 radical (unpaired) electrons. The zero-order valence-corrected chi connectivity index (χ0v) is 20.6. The van der Waals surface area contributed by atoms with Gasteiger partial charge in [0.2, 0.25) is 0 Å². The summed E-state index contributed by atoms with van der Waals surface area (Å²) >= 11 is 6.33. The van der Waals surface area contributed by atoms with Crippen LogP contribution in [0.4, 0.5) is 0 Å². The first-order valence-electron chi connectivity index (χ1n) is 10.5. The molecule has 6 nitrogen and oxygen atoms in total. The maximum atomic E-state index is 6.33. The van der Waals surface area contributed by atoms with Gasteiger partial charge in [-0.15, -0.1) is 24.0 Å². The van der Waals surface area contributed by atoms with Gasteiger partial charge in [-0.2, -0.15) is 0 Å². The molecule has 2 N–H and O–H groups in total. The molecule has 0 amide bonds. The first-order valence-corrected chi connectivity index (χ1v) is 10.9. The predicted octanol–water partition coefficient (Wildman–Crippen LogP) is 3.70. The zero-order valence-electron chi connectivity index (χ0n) is 17.5. The molecule has 0 unspecified atom stereocenters. The Morgan fingerprint density at radius 1 is 1.21 bits per heavy atom. The van der Waals surface area contributed by atoms with Gasteiger partial charge in [-0.3, -0.25) is 4.99 Å². The van der Waals surface area contributed by atoms with Crippen molar-refractivity contribution < 1.29 is 9.47 Å². The van der Waals surface area contributed by atoms with Gasteiger partial charge >= 0.3 is 0 Å². The van der Waals surface area contributed by atoms with Gasteiger partial charge in [0.1, 0.15) is 13.2 Å². The van der Waals surface area contributed by atoms with Crippen molar-refractivity contribution in [3.63, 3.8) is 0 Å². The van der Waals surface area contributed by atoms with Gasteiger partial charge in [-0.25, -0.2) is 0 Å². The minimum atomic E-state index is 0.